The molecule has 0 aliphatic carbocycles. The van der Waals surface area contributed by atoms with Crippen LogP contribution in [0.2, 0.25) is 5.02 Å². The molecule has 1 aliphatic rings. The molecule has 13 heteroatoms. The molecule has 4 rings (SSSR count). The van der Waals surface area contributed by atoms with Crippen molar-refractivity contribution in [3.8, 4) is 11.1 Å². The fourth-order valence-corrected chi connectivity index (χ4v) is 6.28. The van der Waals surface area contributed by atoms with Crippen molar-refractivity contribution in [2.24, 2.45) is 11.8 Å². The van der Waals surface area contributed by atoms with E-state index in [9.17, 15) is 26.4 Å². The molecule has 0 radical (unpaired) electrons. The first kappa shape index (κ1) is 28.7. The largest absolute Gasteiger partial charge is 0.326 e. The number of halogens is 2. The zero-order valence-electron chi connectivity index (χ0n) is 20.9. The minimum absolute atomic E-state index is 0.0301. The van der Waals surface area contributed by atoms with E-state index in [1.165, 1.54) is 18.2 Å². The topological polar surface area (TPSA) is 130 Å². The first-order valence-electron chi connectivity index (χ1n) is 11.7. The Balaban J connectivity index is 1.57. The predicted octanol–water partition coefficient (Wildman–Crippen LogP) is 3.63. The number of amides is 2. The van der Waals surface area contributed by atoms with Gasteiger partial charge >= 0.3 is 0 Å². The number of hydrogen-bond donors (Lipinski definition) is 2. The summed E-state index contributed by atoms with van der Waals surface area (Å²) in [6, 6.07) is 16.3. The molecule has 3 aromatic carbocycles. The fraction of sp³-hybridized carbons (Fsp3) is 0.231. The molecule has 2 N–H and O–H groups in total. The second-order valence-corrected chi connectivity index (χ2v) is 13.6. The minimum atomic E-state index is -3.71. The molecule has 0 saturated carbocycles. The van der Waals surface area contributed by atoms with Crippen molar-refractivity contribution in [3.63, 3.8) is 0 Å². The van der Waals surface area contributed by atoms with Crippen molar-refractivity contribution < 1.29 is 30.8 Å². The number of rotatable bonds is 7. The third kappa shape index (κ3) is 6.64. The number of anilines is 2. The van der Waals surface area contributed by atoms with E-state index >= 15 is 4.39 Å². The Morgan fingerprint density at radius 1 is 0.872 bits per heavy atom. The van der Waals surface area contributed by atoms with Gasteiger partial charge in [0.25, 0.3) is 0 Å². The molecule has 0 unspecified atom stereocenters. The Kier molecular flexibility index (Phi) is 8.12. The second kappa shape index (κ2) is 11.0. The van der Waals surface area contributed by atoms with Gasteiger partial charge in [0.1, 0.15) is 5.82 Å². The summed E-state index contributed by atoms with van der Waals surface area (Å²) in [4.78, 5) is 26.3. The van der Waals surface area contributed by atoms with E-state index in [-0.39, 0.29) is 29.2 Å². The van der Waals surface area contributed by atoms with E-state index in [1.807, 2.05) is 0 Å². The number of benzene rings is 3. The van der Waals surface area contributed by atoms with E-state index in [4.69, 9.17) is 11.6 Å². The van der Waals surface area contributed by atoms with Gasteiger partial charge in [0.05, 0.1) is 28.7 Å². The zero-order valence-corrected chi connectivity index (χ0v) is 23.3. The molecule has 1 heterocycles. The molecule has 39 heavy (non-hydrogen) atoms. The van der Waals surface area contributed by atoms with E-state index in [0.29, 0.717) is 16.3 Å². The van der Waals surface area contributed by atoms with Gasteiger partial charge in [0, 0.05) is 35.6 Å². The lowest BCUT2D eigenvalue weighted by molar-refractivity contribution is -0.127. The molecule has 2 amide bonds. The van der Waals surface area contributed by atoms with Crippen LogP contribution in [0.1, 0.15) is 0 Å². The van der Waals surface area contributed by atoms with Gasteiger partial charge in [-0.1, -0.05) is 35.9 Å². The monoisotopic (exact) mass is 593 g/mol. The SMILES string of the molecule is CS(=O)(=O)c1ccccc1-c1ccc(NC(=O)[C@H]2CN(S(C)(=O)=O)C[C@@H]2C(=O)Nc2ccc(Cl)cc2)c(F)c1. The number of nitrogens with one attached hydrogen (secondary N) is 2. The van der Waals surface area contributed by atoms with Gasteiger partial charge in [0.2, 0.25) is 21.8 Å². The third-order valence-electron chi connectivity index (χ3n) is 6.37. The molecule has 9 nitrogen and oxygen atoms in total. The summed E-state index contributed by atoms with van der Waals surface area (Å²) in [5.74, 6) is -4.28. The number of carbonyl (C=O) groups is 2. The third-order valence-corrected chi connectivity index (χ3v) is 9.01. The van der Waals surface area contributed by atoms with Crippen molar-refractivity contribution in [1.82, 2.24) is 4.31 Å². The van der Waals surface area contributed by atoms with Gasteiger partial charge in [-0.05, 0) is 48.0 Å². The van der Waals surface area contributed by atoms with Crippen LogP contribution in [0.25, 0.3) is 11.1 Å². The molecule has 206 valence electrons. The van der Waals surface area contributed by atoms with Crippen LogP contribution < -0.4 is 10.6 Å². The highest BCUT2D eigenvalue weighted by Gasteiger charge is 2.45. The maximum atomic E-state index is 15.1. The number of hydrogen-bond acceptors (Lipinski definition) is 6. The van der Waals surface area contributed by atoms with E-state index in [0.717, 1.165) is 22.9 Å². The highest BCUT2D eigenvalue weighted by Crippen LogP contribution is 2.32. The maximum Gasteiger partial charge on any atom is 0.229 e. The van der Waals surface area contributed by atoms with Crippen LogP contribution in [0.15, 0.2) is 71.6 Å². The summed E-state index contributed by atoms with van der Waals surface area (Å²) < 4.78 is 64.8. The lowest BCUT2D eigenvalue weighted by atomic mass is 9.94. The van der Waals surface area contributed by atoms with Gasteiger partial charge in [-0.2, -0.15) is 0 Å². The Hall–Kier alpha value is -3.32. The Morgan fingerprint density at radius 3 is 2.03 bits per heavy atom. The number of nitrogens with zero attached hydrogens (tertiary/aromatic N) is 1. The molecule has 3 aromatic rings. The van der Waals surface area contributed by atoms with E-state index < -0.39 is 49.3 Å². The minimum Gasteiger partial charge on any atom is -0.326 e. The average Bonchev–Trinajstić information content (AvgIpc) is 3.33. The van der Waals surface area contributed by atoms with Gasteiger partial charge < -0.3 is 10.6 Å². The van der Waals surface area contributed by atoms with Crippen molar-refractivity contribution in [1.29, 1.82) is 0 Å². The summed E-state index contributed by atoms with van der Waals surface area (Å²) in [6.45, 7) is -0.481. The maximum absolute atomic E-state index is 15.1. The summed E-state index contributed by atoms with van der Waals surface area (Å²) in [7, 11) is -7.30. The lowest BCUT2D eigenvalue weighted by Crippen LogP contribution is -2.35. The molecular formula is C26H25ClFN3O6S2. The van der Waals surface area contributed by atoms with Crippen LogP contribution >= 0.6 is 11.6 Å². The molecule has 0 spiro atoms. The molecule has 1 aliphatic heterocycles. The van der Waals surface area contributed by atoms with Gasteiger partial charge in [-0.15, -0.1) is 0 Å². The highest BCUT2D eigenvalue weighted by atomic mass is 35.5. The summed E-state index contributed by atoms with van der Waals surface area (Å²) in [5, 5.41) is 5.58. The van der Waals surface area contributed by atoms with E-state index in [1.54, 1.807) is 42.5 Å². The lowest BCUT2D eigenvalue weighted by Gasteiger charge is -2.18. The van der Waals surface area contributed by atoms with Crippen molar-refractivity contribution in [3.05, 3.63) is 77.6 Å². The molecule has 1 fully saturated rings. The van der Waals surface area contributed by atoms with Crippen molar-refractivity contribution in [2.75, 3.05) is 36.2 Å². The van der Waals surface area contributed by atoms with Gasteiger partial charge in [-0.3, -0.25) is 9.59 Å². The second-order valence-electron chi connectivity index (χ2n) is 9.24. The Morgan fingerprint density at radius 2 is 1.46 bits per heavy atom. The van der Waals surface area contributed by atoms with Crippen LogP contribution in [0, 0.1) is 17.7 Å². The zero-order chi connectivity index (χ0) is 28.5. The van der Waals surface area contributed by atoms with Crippen molar-refractivity contribution >= 4 is 54.7 Å². The van der Waals surface area contributed by atoms with Crippen LogP contribution in [0.4, 0.5) is 15.8 Å². The summed E-state index contributed by atoms with van der Waals surface area (Å²) in [5.41, 5.74) is 0.804. The average molecular weight is 594 g/mol. The molecular weight excluding hydrogens is 569 g/mol. The first-order valence-corrected chi connectivity index (χ1v) is 15.8. The molecule has 2 atom stereocenters. The summed E-state index contributed by atoms with van der Waals surface area (Å²) >= 11 is 5.87. The quantitative estimate of drug-likeness (QED) is 0.430. The van der Waals surface area contributed by atoms with Crippen LogP contribution in [0.5, 0.6) is 0 Å². The molecule has 0 aromatic heterocycles. The predicted molar refractivity (Wildman–Crippen MR) is 147 cm³/mol. The van der Waals surface area contributed by atoms with Crippen LogP contribution in [-0.4, -0.2) is 58.6 Å². The Bertz CT molecular complexity index is 1650. The van der Waals surface area contributed by atoms with Gasteiger partial charge in [0.15, 0.2) is 9.84 Å². The number of sulfonamides is 1. The fourth-order valence-electron chi connectivity index (χ4n) is 4.38. The van der Waals surface area contributed by atoms with Crippen LogP contribution in [0.3, 0.4) is 0 Å². The number of carbonyl (C=O) groups excluding carboxylic acids is 2. The van der Waals surface area contributed by atoms with Crippen molar-refractivity contribution in [2.45, 2.75) is 4.90 Å². The molecule has 1 saturated heterocycles. The first-order chi connectivity index (χ1) is 18.2. The summed E-state index contributed by atoms with van der Waals surface area (Å²) in [6.07, 6.45) is 2.03. The normalized spacial score (nSPS) is 18.1. The van der Waals surface area contributed by atoms with E-state index in [2.05, 4.69) is 10.6 Å². The standard InChI is InChI=1S/C26H25ClFN3O6S2/c1-38(34,35)24-6-4-3-5-19(24)16-7-12-23(22(28)13-16)30-26(33)21-15-31(39(2,36)37)14-20(21)25(32)29-18-10-8-17(27)9-11-18/h3-13,20-21H,14-15H2,1-2H3,(H,29,32)(H,30,33)/t20-,21-/m0/s1. The smallest absolute Gasteiger partial charge is 0.229 e. The van der Waals surface area contributed by atoms with Gasteiger partial charge in [-0.25, -0.2) is 25.5 Å². The number of sulfone groups is 1. The van der Waals surface area contributed by atoms with Crippen LogP contribution in [-0.2, 0) is 29.4 Å². The Labute approximate surface area is 230 Å². The highest BCUT2D eigenvalue weighted by molar-refractivity contribution is 7.90. The molecule has 0 bridgehead atoms.